The van der Waals surface area contributed by atoms with Gasteiger partial charge in [0, 0.05) is 22.8 Å². The molecular formula is C19H40ClN3O2SSi2. The summed E-state index contributed by atoms with van der Waals surface area (Å²) in [5.74, 6) is 0. The van der Waals surface area contributed by atoms with Gasteiger partial charge in [0.15, 0.2) is 30.5 Å². The molecule has 1 aromatic rings. The molecule has 0 fully saturated rings. The maximum atomic E-state index is 13.3. The minimum absolute atomic E-state index is 0.0422. The topological polar surface area (TPSA) is 56.5 Å². The number of aromatic nitrogens is 2. The van der Waals surface area contributed by atoms with Crippen LogP contribution in [0, 0.1) is 0 Å². The minimum Gasteiger partial charge on any atom is -0.411 e. The molecular weight excluding hydrogens is 426 g/mol. The van der Waals surface area contributed by atoms with Gasteiger partial charge in [-0.05, 0) is 50.1 Å². The molecule has 5 nitrogen and oxygen atoms in total. The lowest BCUT2D eigenvalue weighted by molar-refractivity contribution is 0.261. The molecule has 0 bridgehead atoms. The Hall–Kier alpha value is -0.156. The lowest BCUT2D eigenvalue weighted by Gasteiger charge is -2.36. The second-order valence-electron chi connectivity index (χ2n) is 10.9. The van der Waals surface area contributed by atoms with Crippen LogP contribution in [-0.2, 0) is 20.0 Å². The standard InChI is InChI=1S/C19H40ClN3O2SSi2/c1-15(2)23-16(14-25-28(11,12)19(6,7)8)13-17(21-23)26(20,24)22-27(9,10)18(3,4)5/h13,15H,14H2,1-12H3. The number of halogens is 1. The molecule has 0 radical (unpaired) electrons. The molecule has 0 saturated heterocycles. The monoisotopic (exact) mass is 465 g/mol. The van der Waals surface area contributed by atoms with Crippen molar-refractivity contribution in [3.63, 3.8) is 0 Å². The lowest BCUT2D eigenvalue weighted by Crippen LogP contribution is -2.40. The summed E-state index contributed by atoms with van der Waals surface area (Å²) < 4.78 is 26.2. The first kappa shape index (κ1) is 25.9. The highest BCUT2D eigenvalue weighted by atomic mass is 35.7. The molecule has 9 heteroatoms. The first-order valence-corrected chi connectivity index (χ1v) is 18.1. The van der Waals surface area contributed by atoms with Gasteiger partial charge in [0.2, 0.25) is 0 Å². The minimum atomic E-state index is -3.09. The quantitative estimate of drug-likeness (QED) is 0.336. The van der Waals surface area contributed by atoms with Crippen molar-refractivity contribution in [3.05, 3.63) is 11.8 Å². The summed E-state index contributed by atoms with van der Waals surface area (Å²) in [5, 5.41) is 5.01. The summed E-state index contributed by atoms with van der Waals surface area (Å²) in [6, 6.07) is 1.94. The lowest BCUT2D eigenvalue weighted by atomic mass is 10.2. The molecule has 1 aromatic heterocycles. The molecule has 1 heterocycles. The average Bonchev–Trinajstić information content (AvgIpc) is 2.86. The van der Waals surface area contributed by atoms with Crippen LogP contribution in [0.1, 0.15) is 67.1 Å². The molecule has 0 aliphatic heterocycles. The molecule has 0 spiro atoms. The Morgan fingerprint density at radius 1 is 1.14 bits per heavy atom. The first-order chi connectivity index (χ1) is 12.2. The fraction of sp³-hybridized carbons (Fsp3) is 0.842. The maximum absolute atomic E-state index is 13.3. The number of hydrogen-bond acceptors (Lipinski definition) is 4. The van der Waals surface area contributed by atoms with Gasteiger partial charge < -0.3 is 4.43 Å². The highest BCUT2D eigenvalue weighted by Gasteiger charge is 2.39. The van der Waals surface area contributed by atoms with Gasteiger partial charge in [0.25, 0.3) is 0 Å². The first-order valence-electron chi connectivity index (χ1n) is 9.92. The van der Waals surface area contributed by atoms with E-state index in [1.54, 1.807) is 0 Å². The van der Waals surface area contributed by atoms with Crippen molar-refractivity contribution < 1.29 is 8.63 Å². The molecule has 28 heavy (non-hydrogen) atoms. The van der Waals surface area contributed by atoms with E-state index in [2.05, 4.69) is 76.9 Å². The predicted octanol–water partition coefficient (Wildman–Crippen LogP) is 6.97. The van der Waals surface area contributed by atoms with E-state index in [1.165, 1.54) is 0 Å². The van der Waals surface area contributed by atoms with Crippen LogP contribution in [0.15, 0.2) is 15.1 Å². The molecule has 164 valence electrons. The average molecular weight is 466 g/mol. The Kier molecular flexibility index (Phi) is 7.55. The molecule has 0 aromatic carbocycles. The third kappa shape index (κ3) is 5.93. The van der Waals surface area contributed by atoms with Crippen molar-refractivity contribution in [1.82, 2.24) is 9.78 Å². The van der Waals surface area contributed by atoms with Crippen molar-refractivity contribution in [3.8, 4) is 0 Å². The molecule has 1 atom stereocenters. The number of nitrogens with zero attached hydrogens (tertiary/aromatic N) is 3. The highest BCUT2D eigenvalue weighted by molar-refractivity contribution is 8.16. The van der Waals surface area contributed by atoms with Crippen molar-refractivity contribution in [2.24, 2.45) is 4.03 Å². The van der Waals surface area contributed by atoms with E-state index in [-0.39, 0.29) is 16.1 Å². The van der Waals surface area contributed by atoms with Gasteiger partial charge in [-0.3, -0.25) is 8.71 Å². The second kappa shape index (κ2) is 8.17. The Morgan fingerprint density at radius 2 is 1.64 bits per heavy atom. The fourth-order valence-electron chi connectivity index (χ4n) is 2.03. The van der Waals surface area contributed by atoms with E-state index in [1.807, 2.05) is 24.6 Å². The molecule has 0 amide bonds. The zero-order valence-electron chi connectivity index (χ0n) is 19.8. The summed E-state index contributed by atoms with van der Waals surface area (Å²) in [4.78, 5) is 0. The van der Waals surface area contributed by atoms with Crippen LogP contribution in [0.25, 0.3) is 0 Å². The second-order valence-corrected chi connectivity index (χ2v) is 23.7. The zero-order chi connectivity index (χ0) is 22.3. The largest absolute Gasteiger partial charge is 0.411 e. The smallest absolute Gasteiger partial charge is 0.194 e. The summed E-state index contributed by atoms with van der Waals surface area (Å²) in [6.07, 6.45) is 0. The maximum Gasteiger partial charge on any atom is 0.194 e. The van der Waals surface area contributed by atoms with Crippen LogP contribution in [0.2, 0.25) is 36.3 Å². The summed E-state index contributed by atoms with van der Waals surface area (Å²) in [6.45, 7) is 26.2. The van der Waals surface area contributed by atoms with Crippen LogP contribution in [0.4, 0.5) is 0 Å². The third-order valence-corrected chi connectivity index (χ3v) is 18.8. The summed E-state index contributed by atoms with van der Waals surface area (Å²) in [7, 11) is -0.688. The van der Waals surface area contributed by atoms with Gasteiger partial charge in [0.05, 0.1) is 12.3 Å². The molecule has 0 aliphatic rings. The van der Waals surface area contributed by atoms with Crippen molar-refractivity contribution in [1.29, 1.82) is 0 Å². The van der Waals surface area contributed by atoms with Crippen molar-refractivity contribution >= 4 is 36.2 Å². The van der Waals surface area contributed by atoms with E-state index in [0.717, 1.165) is 5.69 Å². The van der Waals surface area contributed by atoms with Crippen LogP contribution in [-0.4, -0.2) is 30.5 Å². The summed E-state index contributed by atoms with van der Waals surface area (Å²) in [5.41, 5.74) is 0.897. The van der Waals surface area contributed by atoms with Gasteiger partial charge in [-0.15, -0.1) is 0 Å². The number of rotatable bonds is 6. The van der Waals surface area contributed by atoms with E-state index >= 15 is 0 Å². The van der Waals surface area contributed by atoms with Crippen LogP contribution in [0.5, 0.6) is 0 Å². The van der Waals surface area contributed by atoms with Crippen LogP contribution in [0.3, 0.4) is 0 Å². The van der Waals surface area contributed by atoms with Gasteiger partial charge in [-0.25, -0.2) is 4.21 Å². The molecule has 0 aliphatic carbocycles. The molecule has 0 N–H and O–H groups in total. The van der Waals surface area contributed by atoms with Gasteiger partial charge in [-0.2, -0.15) is 5.10 Å². The van der Waals surface area contributed by atoms with Crippen molar-refractivity contribution in [2.75, 3.05) is 0 Å². The van der Waals surface area contributed by atoms with Crippen molar-refractivity contribution in [2.45, 2.75) is 109 Å². The van der Waals surface area contributed by atoms with Crippen LogP contribution >= 0.6 is 10.7 Å². The zero-order valence-corrected chi connectivity index (χ0v) is 23.4. The highest BCUT2D eigenvalue weighted by Crippen LogP contribution is 2.39. The van der Waals surface area contributed by atoms with Crippen LogP contribution < -0.4 is 0 Å². The van der Waals surface area contributed by atoms with Gasteiger partial charge >= 0.3 is 0 Å². The Labute approximate surface area is 179 Å². The molecule has 1 rings (SSSR count). The predicted molar refractivity (Wildman–Crippen MR) is 126 cm³/mol. The van der Waals surface area contributed by atoms with Gasteiger partial charge in [0.1, 0.15) is 0 Å². The fourth-order valence-corrected chi connectivity index (χ4v) is 9.04. The van der Waals surface area contributed by atoms with E-state index < -0.39 is 25.5 Å². The van der Waals surface area contributed by atoms with Gasteiger partial charge in [-0.1, -0.05) is 41.5 Å². The molecule has 0 saturated carbocycles. The Morgan fingerprint density at radius 3 is 2.04 bits per heavy atom. The third-order valence-electron chi connectivity index (χ3n) is 6.11. The van der Waals surface area contributed by atoms with E-state index in [9.17, 15) is 4.21 Å². The Bertz CT molecular complexity index is 812. The Balaban J connectivity index is 3.36. The summed E-state index contributed by atoms with van der Waals surface area (Å²) >= 11 is 0. The van der Waals surface area contributed by atoms with E-state index in [0.29, 0.717) is 11.6 Å². The number of hydrogen-bond donors (Lipinski definition) is 0. The SMILES string of the molecule is CC(C)n1nc(S(=O)(Cl)=N[Si](C)(C)C(C)(C)C)cc1CO[Si](C)(C)C(C)(C)C. The normalized spacial score (nSPS) is 16.4. The molecule has 1 unspecified atom stereocenters. The van der Waals surface area contributed by atoms with E-state index in [4.69, 9.17) is 15.1 Å².